The highest BCUT2D eigenvalue weighted by Crippen LogP contribution is 2.20. The minimum absolute atomic E-state index is 0.399. The van der Waals surface area contributed by atoms with E-state index in [0.717, 1.165) is 5.57 Å². The van der Waals surface area contributed by atoms with Crippen LogP contribution in [0.15, 0.2) is 12.2 Å². The van der Waals surface area contributed by atoms with Gasteiger partial charge in [0.25, 0.3) is 0 Å². The third-order valence-corrected chi connectivity index (χ3v) is 1.72. The van der Waals surface area contributed by atoms with Crippen LogP contribution in [0.25, 0.3) is 0 Å². The van der Waals surface area contributed by atoms with Crippen LogP contribution in [0.2, 0.25) is 0 Å². The van der Waals surface area contributed by atoms with Gasteiger partial charge >= 0.3 is 0 Å². The molecule has 0 fully saturated rings. The summed E-state index contributed by atoms with van der Waals surface area (Å²) in [5.41, 5.74) is 0.565. The molecule has 0 aromatic rings. The fourth-order valence-electron chi connectivity index (χ4n) is 0.793. The lowest BCUT2D eigenvalue weighted by Crippen LogP contribution is -2.32. The lowest BCUT2D eigenvalue weighted by Gasteiger charge is -2.26. The van der Waals surface area contributed by atoms with Crippen molar-refractivity contribution in [1.29, 1.82) is 0 Å². The first-order valence-corrected chi connectivity index (χ1v) is 4.26. The van der Waals surface area contributed by atoms with Crippen molar-refractivity contribution in [3.05, 3.63) is 12.2 Å². The summed E-state index contributed by atoms with van der Waals surface area (Å²) in [6, 6.07) is 0. The first-order chi connectivity index (χ1) is 5.90. The summed E-state index contributed by atoms with van der Waals surface area (Å²) in [7, 11) is 0. The van der Waals surface area contributed by atoms with E-state index in [1.54, 1.807) is 0 Å². The number of ether oxygens (including phenoxy) is 1. The Bertz CT molecular complexity index is 211. The van der Waals surface area contributed by atoms with Gasteiger partial charge in [0.05, 0.1) is 13.2 Å². The number of rotatable bonds is 5. The summed E-state index contributed by atoms with van der Waals surface area (Å²) in [5.74, 6) is 2.30. The molecule has 13 heavy (non-hydrogen) atoms. The Balaban J connectivity index is 3.90. The van der Waals surface area contributed by atoms with Gasteiger partial charge < -0.3 is 9.84 Å². The maximum atomic E-state index is 9.41. The summed E-state index contributed by atoms with van der Waals surface area (Å²) in [6.07, 6.45) is 4.35. The van der Waals surface area contributed by atoms with E-state index in [1.807, 2.05) is 20.8 Å². The Labute approximate surface area is 80.6 Å². The van der Waals surface area contributed by atoms with E-state index in [2.05, 4.69) is 12.5 Å². The van der Waals surface area contributed by atoms with Crippen LogP contribution in [0.4, 0.5) is 0 Å². The normalized spacial score (nSPS) is 13.5. The Morgan fingerprint density at radius 3 is 2.62 bits per heavy atom. The first-order valence-electron chi connectivity index (χ1n) is 4.26. The second-order valence-corrected chi connectivity index (χ2v) is 4.01. The molecule has 0 rings (SSSR count). The van der Waals surface area contributed by atoms with Gasteiger partial charge in [-0.25, -0.2) is 0 Å². The largest absolute Gasteiger partial charge is 0.380 e. The molecule has 2 nitrogen and oxygen atoms in total. The molecule has 0 saturated carbocycles. The Morgan fingerprint density at radius 2 is 2.23 bits per heavy atom. The molecule has 0 aliphatic rings. The van der Waals surface area contributed by atoms with E-state index in [1.165, 1.54) is 0 Å². The average molecular weight is 182 g/mol. The minimum atomic E-state index is -0.766. The van der Waals surface area contributed by atoms with E-state index in [-0.39, 0.29) is 0 Å². The molecule has 74 valence electrons. The van der Waals surface area contributed by atoms with Gasteiger partial charge in [-0.3, -0.25) is 0 Å². The molecule has 1 unspecified atom stereocenters. The Morgan fingerprint density at radius 1 is 1.69 bits per heavy atom. The zero-order valence-electron chi connectivity index (χ0n) is 8.63. The van der Waals surface area contributed by atoms with Gasteiger partial charge in [-0.2, -0.15) is 0 Å². The maximum Gasteiger partial charge on any atom is 0.121 e. The van der Waals surface area contributed by atoms with Crippen LogP contribution in [0, 0.1) is 17.8 Å². The molecule has 0 aliphatic heterocycles. The Hall–Kier alpha value is -0.780. The predicted octanol–water partition coefficient (Wildman–Crippen LogP) is 1.60. The van der Waals surface area contributed by atoms with E-state index in [0.29, 0.717) is 13.2 Å². The highest BCUT2D eigenvalue weighted by atomic mass is 16.5. The van der Waals surface area contributed by atoms with Crippen molar-refractivity contribution in [2.24, 2.45) is 5.41 Å². The third kappa shape index (κ3) is 4.72. The molecule has 0 bridgehead atoms. The van der Waals surface area contributed by atoms with Gasteiger partial charge in [0, 0.05) is 5.41 Å². The van der Waals surface area contributed by atoms with Gasteiger partial charge in [-0.1, -0.05) is 31.9 Å². The van der Waals surface area contributed by atoms with E-state index in [9.17, 15) is 5.11 Å². The molecule has 0 amide bonds. The molecular weight excluding hydrogens is 164 g/mol. The van der Waals surface area contributed by atoms with Crippen molar-refractivity contribution in [2.45, 2.75) is 26.9 Å². The maximum absolute atomic E-state index is 9.41. The molecule has 0 saturated heterocycles. The highest BCUT2D eigenvalue weighted by Gasteiger charge is 2.26. The van der Waals surface area contributed by atoms with Crippen molar-refractivity contribution in [1.82, 2.24) is 0 Å². The van der Waals surface area contributed by atoms with Crippen LogP contribution >= 0.6 is 0 Å². The minimum Gasteiger partial charge on any atom is -0.380 e. The van der Waals surface area contributed by atoms with Crippen LogP contribution in [0.3, 0.4) is 0 Å². The highest BCUT2D eigenvalue weighted by molar-refractivity contribution is 5.01. The number of hydrogen-bond donors (Lipinski definition) is 1. The summed E-state index contributed by atoms with van der Waals surface area (Å²) in [6.45, 7) is 10.3. The SMILES string of the molecule is C#CC(O)C(C)(C)COCC(=C)C. The fourth-order valence-corrected chi connectivity index (χ4v) is 0.793. The van der Waals surface area contributed by atoms with Crippen molar-refractivity contribution >= 4 is 0 Å². The first kappa shape index (κ1) is 12.2. The van der Waals surface area contributed by atoms with Crippen LogP contribution < -0.4 is 0 Å². The number of aliphatic hydroxyl groups is 1. The molecule has 0 spiro atoms. The summed E-state index contributed by atoms with van der Waals surface area (Å²) < 4.78 is 5.33. The lowest BCUT2D eigenvalue weighted by molar-refractivity contribution is 0.00931. The zero-order chi connectivity index (χ0) is 10.5. The fraction of sp³-hybridized carbons (Fsp3) is 0.636. The summed E-state index contributed by atoms with van der Waals surface area (Å²) >= 11 is 0. The van der Waals surface area contributed by atoms with Gasteiger partial charge in [-0.15, -0.1) is 6.42 Å². The molecule has 0 radical (unpaired) electrons. The van der Waals surface area contributed by atoms with E-state index in [4.69, 9.17) is 11.2 Å². The quantitative estimate of drug-likeness (QED) is 0.517. The molecule has 1 N–H and O–H groups in total. The van der Waals surface area contributed by atoms with E-state index >= 15 is 0 Å². The van der Waals surface area contributed by atoms with Gasteiger partial charge in [0.1, 0.15) is 6.10 Å². The average Bonchev–Trinajstić information content (AvgIpc) is 2.01. The van der Waals surface area contributed by atoms with Crippen molar-refractivity contribution < 1.29 is 9.84 Å². The number of aliphatic hydroxyl groups excluding tert-OH is 1. The second kappa shape index (κ2) is 5.06. The third-order valence-electron chi connectivity index (χ3n) is 1.72. The lowest BCUT2D eigenvalue weighted by atomic mass is 9.88. The monoisotopic (exact) mass is 182 g/mol. The molecule has 2 heteroatoms. The summed E-state index contributed by atoms with van der Waals surface area (Å²) in [5, 5.41) is 9.41. The summed E-state index contributed by atoms with van der Waals surface area (Å²) in [4.78, 5) is 0. The van der Waals surface area contributed by atoms with E-state index < -0.39 is 11.5 Å². The van der Waals surface area contributed by atoms with Crippen molar-refractivity contribution in [2.75, 3.05) is 13.2 Å². The van der Waals surface area contributed by atoms with Gasteiger partial charge in [0.15, 0.2) is 0 Å². The van der Waals surface area contributed by atoms with Crippen LogP contribution in [0.5, 0.6) is 0 Å². The van der Waals surface area contributed by atoms with Crippen molar-refractivity contribution in [3.8, 4) is 12.3 Å². The standard InChI is InChI=1S/C11H18O2/c1-6-10(12)11(4,5)8-13-7-9(2)3/h1,10,12H,2,7-8H2,3-5H3. The molecule has 0 aromatic carbocycles. The number of terminal acetylenes is 1. The molecule has 0 heterocycles. The zero-order valence-corrected chi connectivity index (χ0v) is 8.63. The van der Waals surface area contributed by atoms with Gasteiger partial charge in [-0.05, 0) is 6.92 Å². The van der Waals surface area contributed by atoms with Crippen LogP contribution in [0.1, 0.15) is 20.8 Å². The predicted molar refractivity (Wildman–Crippen MR) is 54.3 cm³/mol. The topological polar surface area (TPSA) is 29.5 Å². The molecule has 1 atom stereocenters. The molecular formula is C11H18O2. The molecule has 0 aliphatic carbocycles. The molecule has 0 aromatic heterocycles. The Kier molecular flexibility index (Phi) is 4.76. The van der Waals surface area contributed by atoms with Crippen molar-refractivity contribution in [3.63, 3.8) is 0 Å². The second-order valence-electron chi connectivity index (χ2n) is 4.01. The smallest absolute Gasteiger partial charge is 0.121 e. The van der Waals surface area contributed by atoms with Crippen LogP contribution in [-0.4, -0.2) is 24.4 Å². The van der Waals surface area contributed by atoms with Crippen LogP contribution in [-0.2, 0) is 4.74 Å². The number of hydrogen-bond acceptors (Lipinski definition) is 2. The van der Waals surface area contributed by atoms with Gasteiger partial charge in [0.2, 0.25) is 0 Å².